The van der Waals surface area contributed by atoms with Gasteiger partial charge in [-0.15, -0.1) is 0 Å². The number of rotatable bonds is 15. The molecule has 0 bridgehead atoms. The second kappa shape index (κ2) is 15.4. The molecule has 7 nitrogen and oxygen atoms in total. The molecule has 0 aromatic heterocycles. The number of epoxide rings is 1. The van der Waals surface area contributed by atoms with Gasteiger partial charge in [0, 0.05) is 25.9 Å². The van der Waals surface area contributed by atoms with Crippen molar-refractivity contribution in [2.75, 3.05) is 38.4 Å². The van der Waals surface area contributed by atoms with E-state index < -0.39 is 66.8 Å². The third-order valence-electron chi connectivity index (χ3n) is 8.82. The summed E-state index contributed by atoms with van der Waals surface area (Å²) in [4.78, 5) is 12.6. The van der Waals surface area contributed by atoms with Crippen LogP contribution in [0, 0.1) is 0 Å². The predicted molar refractivity (Wildman–Crippen MR) is 168 cm³/mol. The number of likely N-dealkylation sites (N-methyl/N-ethyl adjacent to an activating group) is 1. The van der Waals surface area contributed by atoms with Crippen LogP contribution in [0.1, 0.15) is 19.3 Å². The molecule has 0 saturated carbocycles. The largest absolute Gasteiger partial charge is 0.462 e. The summed E-state index contributed by atoms with van der Waals surface area (Å²) in [7, 11) is -6.98. The maximum atomic E-state index is 15.1. The fourth-order valence-electron chi connectivity index (χ4n) is 5.48. The number of ether oxygens (including phenoxy) is 3. The van der Waals surface area contributed by atoms with Crippen molar-refractivity contribution in [1.29, 1.82) is 0 Å². The minimum Gasteiger partial charge on any atom is -0.436 e. The molecule has 0 N–H and O–H groups in total. The van der Waals surface area contributed by atoms with Gasteiger partial charge in [0.2, 0.25) is 0 Å². The van der Waals surface area contributed by atoms with Gasteiger partial charge in [-0.1, -0.05) is 42.9 Å². The SMILES string of the molecule is CN(C(=O)C(F)(OC(F)(F)C(F)(F)C(F)(F)F)C(F)(F)F)c1cccc([Si](C)(C)CC[Si]2(C)CCCCO[Si](C)(CCCOCC3CO3)O2)c1. The highest BCUT2D eigenvalue weighted by molar-refractivity contribution is 6.92. The van der Waals surface area contributed by atoms with Crippen molar-refractivity contribution in [3.63, 3.8) is 0 Å². The molecule has 50 heavy (non-hydrogen) atoms. The van der Waals surface area contributed by atoms with Gasteiger partial charge < -0.3 is 22.9 Å². The Hall–Kier alpha value is -1.63. The zero-order valence-electron chi connectivity index (χ0n) is 28.2. The molecule has 21 heteroatoms. The monoisotopic (exact) mass is 793 g/mol. The molecule has 1 amide bonds. The van der Waals surface area contributed by atoms with Crippen molar-refractivity contribution >= 4 is 41.7 Å². The number of halogens is 11. The molecule has 2 aliphatic rings. The molecular formula is C29H42F11NO6Si3. The van der Waals surface area contributed by atoms with Gasteiger partial charge in [-0.25, -0.2) is 0 Å². The van der Waals surface area contributed by atoms with Gasteiger partial charge in [0.1, 0.15) is 6.10 Å². The van der Waals surface area contributed by atoms with Crippen LogP contribution in [0.25, 0.3) is 0 Å². The number of carbonyl (C=O) groups is 1. The van der Waals surface area contributed by atoms with E-state index in [0.717, 1.165) is 37.4 Å². The van der Waals surface area contributed by atoms with Gasteiger partial charge in [-0.3, -0.25) is 9.53 Å². The minimum atomic E-state index is -7.27. The molecule has 0 spiro atoms. The molecule has 1 aromatic carbocycles. The van der Waals surface area contributed by atoms with E-state index in [4.69, 9.17) is 18.0 Å². The first-order valence-electron chi connectivity index (χ1n) is 15.9. The number of hydrogen-bond acceptors (Lipinski definition) is 6. The summed E-state index contributed by atoms with van der Waals surface area (Å²) in [5.74, 6) is -16.5. The first-order chi connectivity index (χ1) is 22.7. The van der Waals surface area contributed by atoms with Gasteiger partial charge in [-0.2, -0.15) is 48.3 Å². The van der Waals surface area contributed by atoms with E-state index in [9.17, 15) is 48.7 Å². The Bertz CT molecular complexity index is 1320. The van der Waals surface area contributed by atoms with Gasteiger partial charge >= 0.3 is 44.7 Å². The number of carbonyl (C=O) groups excluding carboxylic acids is 1. The van der Waals surface area contributed by atoms with Crippen molar-refractivity contribution in [1.82, 2.24) is 0 Å². The Kier molecular flexibility index (Phi) is 13.2. The van der Waals surface area contributed by atoms with Crippen molar-refractivity contribution in [2.24, 2.45) is 0 Å². The number of alkyl halides is 11. The van der Waals surface area contributed by atoms with Crippen LogP contribution in [-0.2, 0) is 27.5 Å². The van der Waals surface area contributed by atoms with E-state index in [1.807, 2.05) is 19.6 Å². The quantitative estimate of drug-likeness (QED) is 0.0780. The summed E-state index contributed by atoms with van der Waals surface area (Å²) < 4.78 is 174. The zero-order chi connectivity index (χ0) is 38.0. The fourth-order valence-corrected chi connectivity index (χ4v) is 19.9. The Morgan fingerprint density at radius 1 is 0.980 bits per heavy atom. The first kappa shape index (κ1) is 42.8. The van der Waals surface area contributed by atoms with E-state index in [-0.39, 0.29) is 11.0 Å². The zero-order valence-corrected chi connectivity index (χ0v) is 31.2. The Labute approximate surface area is 286 Å². The normalized spacial score (nSPS) is 25.4. The van der Waals surface area contributed by atoms with Crippen LogP contribution in [0.5, 0.6) is 0 Å². The summed E-state index contributed by atoms with van der Waals surface area (Å²) in [6, 6.07) is 8.06. The molecule has 3 rings (SSSR count). The van der Waals surface area contributed by atoms with Crippen LogP contribution < -0.4 is 10.1 Å². The number of nitrogens with zero attached hydrogens (tertiary/aromatic N) is 1. The lowest BCUT2D eigenvalue weighted by molar-refractivity contribution is -0.472. The van der Waals surface area contributed by atoms with E-state index in [1.54, 1.807) is 6.07 Å². The molecule has 2 saturated heterocycles. The summed E-state index contributed by atoms with van der Waals surface area (Å²) >= 11 is 0. The van der Waals surface area contributed by atoms with Crippen molar-refractivity contribution in [3.8, 4) is 0 Å². The maximum absolute atomic E-state index is 15.1. The van der Waals surface area contributed by atoms with Gasteiger partial charge in [0.25, 0.3) is 0 Å². The highest BCUT2D eigenvalue weighted by Gasteiger charge is 2.80. The first-order valence-corrected chi connectivity index (χ1v) is 24.4. The third-order valence-corrected chi connectivity index (χ3v) is 21.2. The van der Waals surface area contributed by atoms with Crippen molar-refractivity contribution < 1.29 is 75.8 Å². The molecule has 4 atom stereocenters. The molecule has 2 fully saturated rings. The van der Waals surface area contributed by atoms with Gasteiger partial charge in [0.05, 0.1) is 21.3 Å². The molecule has 1 aromatic rings. The van der Waals surface area contributed by atoms with E-state index in [2.05, 4.69) is 11.3 Å². The van der Waals surface area contributed by atoms with E-state index in [1.165, 1.54) is 12.1 Å². The van der Waals surface area contributed by atoms with Crippen LogP contribution in [0.3, 0.4) is 0 Å². The molecule has 2 aliphatic heterocycles. The van der Waals surface area contributed by atoms with Crippen molar-refractivity contribution in [3.05, 3.63) is 24.3 Å². The second-order valence-corrected chi connectivity index (χ2v) is 26.3. The lowest BCUT2D eigenvalue weighted by Crippen LogP contribution is -2.63. The predicted octanol–water partition coefficient (Wildman–Crippen LogP) is 7.88. The number of anilines is 1. The van der Waals surface area contributed by atoms with Crippen LogP contribution in [0.15, 0.2) is 24.3 Å². The smallest absolute Gasteiger partial charge is 0.436 e. The summed E-state index contributed by atoms with van der Waals surface area (Å²) in [6.45, 7) is 10.4. The molecule has 288 valence electrons. The summed E-state index contributed by atoms with van der Waals surface area (Å²) in [6.07, 6.45) is -18.4. The number of amides is 1. The molecule has 0 radical (unpaired) electrons. The highest BCUT2D eigenvalue weighted by atomic mass is 28.4. The van der Waals surface area contributed by atoms with Crippen LogP contribution in [0.2, 0.25) is 50.4 Å². The fraction of sp³-hybridized carbons (Fsp3) is 0.759. The summed E-state index contributed by atoms with van der Waals surface area (Å²) in [5.41, 5.74) is -0.469. The lowest BCUT2D eigenvalue weighted by Gasteiger charge is -2.41. The average molecular weight is 794 g/mol. The molecule has 4 unspecified atom stereocenters. The van der Waals surface area contributed by atoms with Gasteiger partial charge in [-0.05, 0) is 56.2 Å². The number of hydrogen-bond donors (Lipinski definition) is 0. The Morgan fingerprint density at radius 2 is 1.62 bits per heavy atom. The highest BCUT2D eigenvalue weighted by Crippen LogP contribution is 2.51. The Morgan fingerprint density at radius 3 is 2.20 bits per heavy atom. The van der Waals surface area contributed by atoms with E-state index in [0.29, 0.717) is 50.8 Å². The maximum Gasteiger partial charge on any atom is 0.462 e. The summed E-state index contributed by atoms with van der Waals surface area (Å²) in [5, 5.41) is 0.553. The van der Waals surface area contributed by atoms with E-state index >= 15 is 4.39 Å². The molecule has 0 aliphatic carbocycles. The second-order valence-electron chi connectivity index (χ2n) is 13.7. The third kappa shape index (κ3) is 10.3. The van der Waals surface area contributed by atoms with Crippen LogP contribution in [0.4, 0.5) is 54.0 Å². The minimum absolute atomic E-state index is 0.118. The molecular weight excluding hydrogens is 752 g/mol. The van der Waals surface area contributed by atoms with Gasteiger partial charge in [0.15, 0.2) is 8.32 Å². The number of benzene rings is 1. The topological polar surface area (TPSA) is 69.8 Å². The van der Waals surface area contributed by atoms with Crippen LogP contribution >= 0.6 is 0 Å². The standard InChI is InChI=1S/C29H42F11NO6Si3/c1-41(24(42)25(30,27(33,34)35)46-29(39,40)26(31,32)28(36,37)38)21-10-8-11-23(18-21)48(2,3)16-17-49(4)14-7-6-13-45-50(5,47-49)15-9-12-43-19-22-20-44-22/h8,10-11,18,22H,6-7,9,12-17,19-20H2,1-5H3. The Balaban J connectivity index is 1.77. The average Bonchev–Trinajstić information content (AvgIpc) is 3.81. The van der Waals surface area contributed by atoms with Crippen LogP contribution in [-0.4, -0.2) is 101 Å². The molecule has 2 heterocycles. The van der Waals surface area contributed by atoms with Crippen molar-refractivity contribution in [2.45, 2.75) is 106 Å². The lowest BCUT2D eigenvalue weighted by atomic mass is 10.2.